The van der Waals surface area contributed by atoms with E-state index >= 15 is 0 Å². The van der Waals surface area contributed by atoms with Crippen LogP contribution >= 0.6 is 12.2 Å². The van der Waals surface area contributed by atoms with E-state index in [9.17, 15) is 38.3 Å². The van der Waals surface area contributed by atoms with E-state index in [4.69, 9.17) is 0 Å². The summed E-state index contributed by atoms with van der Waals surface area (Å²) in [6.45, 7) is 1.06. The predicted octanol–water partition coefficient (Wildman–Crippen LogP) is 1.25. The minimum Gasteiger partial charge on any atom is -0.508 e. The summed E-state index contributed by atoms with van der Waals surface area (Å²) in [6.07, 6.45) is -5.37. The number of aromatic hydroxyl groups is 1. The topological polar surface area (TPSA) is 134 Å². The molecule has 9 nitrogen and oxygen atoms in total. The second-order valence-corrected chi connectivity index (χ2v) is 5.98. The van der Waals surface area contributed by atoms with Crippen molar-refractivity contribution in [3.8, 4) is 5.75 Å². The second-order valence-electron chi connectivity index (χ2n) is 5.57. The van der Waals surface area contributed by atoms with Crippen LogP contribution in [-0.4, -0.2) is 44.7 Å². The Morgan fingerprint density at radius 1 is 1.48 bits per heavy atom. The Morgan fingerprint density at radius 3 is 2.63 bits per heavy atom. The maximum atomic E-state index is 13.6. The van der Waals surface area contributed by atoms with Crippen LogP contribution in [-0.2, 0) is 9.53 Å². The SMILES string of the molecule is CCOC(=O)[C@H]1[C@@H](c2cc([N+](=O)[O-])ccc2O)NC(=S)N[C@@]1(O)C(F)(F)F. The number of alkyl halides is 3. The quantitative estimate of drug-likeness (QED) is 0.251. The number of carbonyl (C=O) groups excluding carboxylic acids is 1. The lowest BCUT2D eigenvalue weighted by Crippen LogP contribution is -2.73. The molecule has 3 atom stereocenters. The van der Waals surface area contributed by atoms with Crippen molar-refractivity contribution in [2.24, 2.45) is 5.92 Å². The van der Waals surface area contributed by atoms with Gasteiger partial charge in [-0.3, -0.25) is 14.9 Å². The van der Waals surface area contributed by atoms with Crippen molar-refractivity contribution >= 4 is 29.0 Å². The zero-order valence-electron chi connectivity index (χ0n) is 13.6. The lowest BCUT2D eigenvalue weighted by atomic mass is 9.81. The van der Waals surface area contributed by atoms with Crippen molar-refractivity contribution in [1.82, 2.24) is 10.6 Å². The smallest absolute Gasteiger partial charge is 0.437 e. The zero-order chi connectivity index (χ0) is 20.6. The van der Waals surface area contributed by atoms with Gasteiger partial charge in [-0.1, -0.05) is 0 Å². The molecule has 1 aliphatic rings. The molecule has 4 N–H and O–H groups in total. The zero-order valence-corrected chi connectivity index (χ0v) is 14.4. The van der Waals surface area contributed by atoms with Gasteiger partial charge < -0.3 is 25.6 Å². The van der Waals surface area contributed by atoms with Crippen LogP contribution in [0.15, 0.2) is 18.2 Å². The second kappa shape index (κ2) is 7.15. The number of nitro benzene ring substituents is 1. The average molecular weight is 409 g/mol. The molecular formula is C14H14F3N3O6S. The number of hydrogen-bond donors (Lipinski definition) is 4. The number of nitro groups is 1. The molecule has 0 radical (unpaired) electrons. The minimum atomic E-state index is -5.37. The minimum absolute atomic E-state index is 0.290. The Hall–Kier alpha value is -2.67. The highest BCUT2D eigenvalue weighted by atomic mass is 32.1. The van der Waals surface area contributed by atoms with Gasteiger partial charge in [0.25, 0.3) is 11.4 Å². The maximum absolute atomic E-state index is 13.6. The van der Waals surface area contributed by atoms with E-state index in [2.05, 4.69) is 22.3 Å². The molecule has 0 aliphatic carbocycles. The molecule has 0 unspecified atom stereocenters. The van der Waals surface area contributed by atoms with Crippen molar-refractivity contribution in [3.63, 3.8) is 0 Å². The number of thiocarbonyl (C=S) groups is 1. The van der Waals surface area contributed by atoms with Gasteiger partial charge in [-0.15, -0.1) is 0 Å². The number of phenols is 1. The first-order valence-electron chi connectivity index (χ1n) is 7.44. The standard InChI is InChI=1S/C14H14F3N3O6S/c1-2-26-11(22)9-10(7-5-6(20(24)25)3-4-8(7)21)18-12(27)19-13(9,23)14(15,16)17/h3-5,9-10,21,23H,2H2,1H3,(H2,18,19,27)/t9-,10-,13+/m1/s1. The monoisotopic (exact) mass is 409 g/mol. The number of aliphatic hydroxyl groups is 1. The van der Waals surface area contributed by atoms with Crippen LogP contribution in [0.2, 0.25) is 0 Å². The van der Waals surface area contributed by atoms with E-state index in [-0.39, 0.29) is 6.61 Å². The summed E-state index contributed by atoms with van der Waals surface area (Å²) in [5.41, 5.74) is -4.82. The highest BCUT2D eigenvalue weighted by Crippen LogP contribution is 2.45. The van der Waals surface area contributed by atoms with Crippen molar-refractivity contribution in [2.45, 2.75) is 24.9 Å². The molecule has 0 spiro atoms. The Balaban J connectivity index is 2.68. The number of benzene rings is 1. The van der Waals surface area contributed by atoms with Gasteiger partial charge in [-0.05, 0) is 25.2 Å². The third-order valence-corrected chi connectivity index (χ3v) is 4.12. The highest BCUT2D eigenvalue weighted by Gasteiger charge is 2.66. The number of non-ortho nitro benzene ring substituents is 1. The van der Waals surface area contributed by atoms with Crippen LogP contribution in [0.3, 0.4) is 0 Å². The number of halogens is 3. The van der Waals surface area contributed by atoms with Crippen molar-refractivity contribution < 1.29 is 37.8 Å². The van der Waals surface area contributed by atoms with E-state index in [1.165, 1.54) is 6.92 Å². The van der Waals surface area contributed by atoms with E-state index in [0.717, 1.165) is 18.2 Å². The lowest BCUT2D eigenvalue weighted by molar-refractivity contribution is -0.385. The summed E-state index contributed by atoms with van der Waals surface area (Å²) >= 11 is 4.68. The number of carbonyl (C=O) groups is 1. The van der Waals surface area contributed by atoms with Gasteiger partial charge >= 0.3 is 12.1 Å². The molecule has 0 saturated carbocycles. The molecule has 2 rings (SSSR count). The fourth-order valence-corrected chi connectivity index (χ4v) is 2.98. The fraction of sp³-hybridized carbons (Fsp3) is 0.429. The van der Waals surface area contributed by atoms with Gasteiger partial charge in [0.15, 0.2) is 5.11 Å². The van der Waals surface area contributed by atoms with Gasteiger partial charge in [0.05, 0.1) is 17.6 Å². The summed E-state index contributed by atoms with van der Waals surface area (Å²) in [7, 11) is 0. The summed E-state index contributed by atoms with van der Waals surface area (Å²) in [5, 5.41) is 34.5. The number of esters is 1. The third-order valence-electron chi connectivity index (χ3n) is 3.90. The van der Waals surface area contributed by atoms with Gasteiger partial charge in [0.2, 0.25) is 0 Å². The first-order chi connectivity index (χ1) is 12.4. The maximum Gasteiger partial charge on any atom is 0.437 e. The number of ether oxygens (including phenoxy) is 1. The summed E-state index contributed by atoms with van der Waals surface area (Å²) in [6, 6.07) is 0.830. The number of phenolic OH excluding ortho intramolecular Hbond substituents is 1. The molecule has 148 valence electrons. The van der Waals surface area contributed by atoms with Crippen molar-refractivity contribution in [1.29, 1.82) is 0 Å². The lowest BCUT2D eigenvalue weighted by Gasteiger charge is -2.45. The Morgan fingerprint density at radius 2 is 2.11 bits per heavy atom. The first-order valence-corrected chi connectivity index (χ1v) is 7.85. The number of rotatable bonds is 4. The largest absolute Gasteiger partial charge is 0.508 e. The normalized spacial score (nSPS) is 25.3. The summed E-state index contributed by atoms with van der Waals surface area (Å²) < 4.78 is 45.3. The number of hydrogen-bond acceptors (Lipinski definition) is 7. The van der Waals surface area contributed by atoms with E-state index in [1.807, 2.05) is 0 Å². The van der Waals surface area contributed by atoms with Crippen LogP contribution in [0.5, 0.6) is 5.75 Å². The van der Waals surface area contributed by atoms with E-state index in [1.54, 1.807) is 5.32 Å². The van der Waals surface area contributed by atoms with Gasteiger partial charge in [0, 0.05) is 17.7 Å². The first kappa shape index (κ1) is 20.6. The number of nitrogens with zero attached hydrogens (tertiary/aromatic N) is 1. The molecule has 1 fully saturated rings. The molecule has 27 heavy (non-hydrogen) atoms. The molecular weight excluding hydrogens is 395 g/mol. The predicted molar refractivity (Wildman–Crippen MR) is 87.5 cm³/mol. The van der Waals surface area contributed by atoms with Crippen LogP contribution in [0.4, 0.5) is 18.9 Å². The van der Waals surface area contributed by atoms with Crippen molar-refractivity contribution in [3.05, 3.63) is 33.9 Å². The average Bonchev–Trinajstić information content (AvgIpc) is 2.53. The molecule has 0 bridgehead atoms. The molecule has 1 aromatic rings. The molecule has 0 aromatic heterocycles. The summed E-state index contributed by atoms with van der Waals surface area (Å²) in [5.74, 6) is -4.45. The van der Waals surface area contributed by atoms with Crippen LogP contribution in [0, 0.1) is 16.0 Å². The van der Waals surface area contributed by atoms with Crippen LogP contribution in [0.1, 0.15) is 18.5 Å². The molecule has 1 aliphatic heterocycles. The Kier molecular flexibility index (Phi) is 5.47. The highest BCUT2D eigenvalue weighted by molar-refractivity contribution is 7.80. The van der Waals surface area contributed by atoms with E-state index < -0.39 is 56.9 Å². The molecule has 1 heterocycles. The van der Waals surface area contributed by atoms with Crippen LogP contribution < -0.4 is 10.6 Å². The van der Waals surface area contributed by atoms with E-state index in [0.29, 0.717) is 0 Å². The van der Waals surface area contributed by atoms with Crippen LogP contribution in [0.25, 0.3) is 0 Å². The molecule has 1 saturated heterocycles. The van der Waals surface area contributed by atoms with Gasteiger partial charge in [-0.2, -0.15) is 13.2 Å². The van der Waals surface area contributed by atoms with Gasteiger partial charge in [-0.25, -0.2) is 0 Å². The van der Waals surface area contributed by atoms with Gasteiger partial charge in [0.1, 0.15) is 11.7 Å². The van der Waals surface area contributed by atoms with Crippen molar-refractivity contribution in [2.75, 3.05) is 6.61 Å². The Labute approximate surface area is 155 Å². The molecule has 1 aromatic carbocycles. The fourth-order valence-electron chi connectivity index (χ4n) is 2.70. The molecule has 13 heteroatoms. The number of nitrogens with one attached hydrogen (secondary N) is 2. The molecule has 0 amide bonds. The Bertz CT molecular complexity index is 790. The summed E-state index contributed by atoms with van der Waals surface area (Å²) in [4.78, 5) is 22.4. The third kappa shape index (κ3) is 3.73.